The van der Waals surface area contributed by atoms with Crippen LogP contribution in [0.4, 0.5) is 5.69 Å². The van der Waals surface area contributed by atoms with E-state index in [2.05, 4.69) is 10.0 Å². The van der Waals surface area contributed by atoms with Crippen LogP contribution in [0.1, 0.15) is 29.8 Å². The summed E-state index contributed by atoms with van der Waals surface area (Å²) in [5, 5.41) is 12.2. The molecule has 128 valence electrons. The quantitative estimate of drug-likeness (QED) is 0.715. The Bertz CT molecular complexity index is 818. The molecular formula is C17H20N2O4S. The molecule has 24 heavy (non-hydrogen) atoms. The van der Waals surface area contributed by atoms with Crippen molar-refractivity contribution in [3.63, 3.8) is 0 Å². The van der Waals surface area contributed by atoms with Crippen molar-refractivity contribution in [1.29, 1.82) is 0 Å². The fraction of sp³-hybridized carbons (Fsp3) is 0.235. The predicted octanol–water partition coefficient (Wildman–Crippen LogP) is 2.68. The minimum atomic E-state index is -3.83. The van der Waals surface area contributed by atoms with E-state index < -0.39 is 16.0 Å². The SMILES string of the molecule is CC(C)NS(=O)(=O)c1cc(C(=O)O)ccc1NCc1ccccc1. The van der Waals surface area contributed by atoms with Crippen LogP contribution in [-0.4, -0.2) is 25.5 Å². The van der Waals surface area contributed by atoms with Crippen molar-refractivity contribution in [2.24, 2.45) is 0 Å². The Hall–Kier alpha value is -2.38. The van der Waals surface area contributed by atoms with Crippen molar-refractivity contribution in [1.82, 2.24) is 4.72 Å². The average molecular weight is 348 g/mol. The maximum absolute atomic E-state index is 12.5. The third-order valence-corrected chi connectivity index (χ3v) is 4.93. The molecule has 0 unspecified atom stereocenters. The van der Waals surface area contributed by atoms with E-state index in [4.69, 9.17) is 5.11 Å². The van der Waals surface area contributed by atoms with Crippen LogP contribution in [0.25, 0.3) is 0 Å². The molecule has 0 aliphatic carbocycles. The summed E-state index contributed by atoms with van der Waals surface area (Å²) in [6.45, 7) is 3.84. The number of rotatable bonds is 7. The average Bonchev–Trinajstić information content (AvgIpc) is 2.52. The van der Waals surface area contributed by atoms with Crippen LogP contribution < -0.4 is 10.0 Å². The van der Waals surface area contributed by atoms with Crippen molar-refractivity contribution in [2.45, 2.75) is 31.3 Å². The highest BCUT2D eigenvalue weighted by Gasteiger charge is 2.21. The molecule has 0 amide bonds. The van der Waals surface area contributed by atoms with Gasteiger partial charge in [-0.3, -0.25) is 0 Å². The van der Waals surface area contributed by atoms with E-state index in [-0.39, 0.29) is 16.5 Å². The summed E-state index contributed by atoms with van der Waals surface area (Å²) >= 11 is 0. The Kier molecular flexibility index (Phi) is 5.58. The lowest BCUT2D eigenvalue weighted by molar-refractivity contribution is 0.0696. The number of hydrogen-bond donors (Lipinski definition) is 3. The van der Waals surface area contributed by atoms with Crippen LogP contribution in [0.5, 0.6) is 0 Å². The fourth-order valence-electron chi connectivity index (χ4n) is 2.19. The van der Waals surface area contributed by atoms with E-state index in [0.717, 1.165) is 5.56 Å². The molecule has 6 nitrogen and oxygen atoms in total. The summed E-state index contributed by atoms with van der Waals surface area (Å²) < 4.78 is 27.5. The minimum Gasteiger partial charge on any atom is -0.478 e. The highest BCUT2D eigenvalue weighted by Crippen LogP contribution is 2.24. The lowest BCUT2D eigenvalue weighted by atomic mass is 10.2. The van der Waals surface area contributed by atoms with E-state index in [1.54, 1.807) is 13.8 Å². The number of benzene rings is 2. The van der Waals surface area contributed by atoms with Crippen LogP contribution in [-0.2, 0) is 16.6 Å². The summed E-state index contributed by atoms with van der Waals surface area (Å²) in [4.78, 5) is 11.1. The number of nitrogens with one attached hydrogen (secondary N) is 2. The van der Waals surface area contributed by atoms with E-state index in [1.807, 2.05) is 30.3 Å². The van der Waals surface area contributed by atoms with Crippen LogP contribution in [0.15, 0.2) is 53.4 Å². The zero-order valence-electron chi connectivity index (χ0n) is 13.5. The Balaban J connectivity index is 2.37. The molecular weight excluding hydrogens is 328 g/mol. The van der Waals surface area contributed by atoms with Crippen molar-refractivity contribution in [3.8, 4) is 0 Å². The van der Waals surface area contributed by atoms with Crippen molar-refractivity contribution in [2.75, 3.05) is 5.32 Å². The summed E-state index contributed by atoms with van der Waals surface area (Å²) in [6.07, 6.45) is 0. The van der Waals surface area contributed by atoms with Gasteiger partial charge >= 0.3 is 5.97 Å². The normalized spacial score (nSPS) is 11.5. The van der Waals surface area contributed by atoms with E-state index >= 15 is 0 Å². The van der Waals surface area contributed by atoms with Gasteiger partial charge in [0, 0.05) is 12.6 Å². The van der Waals surface area contributed by atoms with Gasteiger partial charge in [0.15, 0.2) is 0 Å². The summed E-state index contributed by atoms with van der Waals surface area (Å²) in [5.74, 6) is -1.18. The monoisotopic (exact) mass is 348 g/mol. The second-order valence-electron chi connectivity index (χ2n) is 5.63. The molecule has 7 heteroatoms. The number of anilines is 1. The molecule has 0 saturated carbocycles. The highest BCUT2D eigenvalue weighted by molar-refractivity contribution is 7.89. The van der Waals surface area contributed by atoms with Crippen LogP contribution in [0.3, 0.4) is 0 Å². The second kappa shape index (κ2) is 7.46. The first-order valence-electron chi connectivity index (χ1n) is 7.47. The van der Waals surface area contributed by atoms with Gasteiger partial charge in [-0.1, -0.05) is 30.3 Å². The summed E-state index contributed by atoms with van der Waals surface area (Å²) in [7, 11) is -3.83. The molecule has 0 aromatic heterocycles. The Morgan fingerprint density at radius 2 is 1.79 bits per heavy atom. The van der Waals surface area contributed by atoms with Gasteiger partial charge in [-0.05, 0) is 37.6 Å². The molecule has 0 bridgehead atoms. The van der Waals surface area contributed by atoms with E-state index in [9.17, 15) is 13.2 Å². The number of aromatic carboxylic acids is 1. The van der Waals surface area contributed by atoms with Crippen molar-refractivity contribution < 1.29 is 18.3 Å². The highest BCUT2D eigenvalue weighted by atomic mass is 32.2. The molecule has 2 aromatic carbocycles. The van der Waals surface area contributed by atoms with Gasteiger partial charge in [0.05, 0.1) is 11.3 Å². The van der Waals surface area contributed by atoms with Gasteiger partial charge in [0.1, 0.15) is 4.90 Å². The zero-order chi connectivity index (χ0) is 17.7. The smallest absolute Gasteiger partial charge is 0.335 e. The molecule has 0 atom stereocenters. The molecule has 0 aliphatic heterocycles. The van der Waals surface area contributed by atoms with Gasteiger partial charge in [-0.25, -0.2) is 17.9 Å². The van der Waals surface area contributed by atoms with Gasteiger partial charge in [-0.15, -0.1) is 0 Å². The molecule has 0 fully saturated rings. The van der Waals surface area contributed by atoms with E-state index in [1.165, 1.54) is 18.2 Å². The molecule has 0 radical (unpaired) electrons. The number of carbonyl (C=O) groups is 1. The zero-order valence-corrected chi connectivity index (χ0v) is 14.3. The lowest BCUT2D eigenvalue weighted by Gasteiger charge is -2.15. The first-order valence-corrected chi connectivity index (χ1v) is 8.95. The van der Waals surface area contributed by atoms with Crippen molar-refractivity contribution >= 4 is 21.7 Å². The fourth-order valence-corrected chi connectivity index (χ4v) is 3.65. The Labute approximate surface area is 141 Å². The minimum absolute atomic E-state index is 0.0768. The maximum Gasteiger partial charge on any atom is 0.335 e. The molecule has 2 rings (SSSR count). The molecule has 0 aliphatic rings. The summed E-state index contributed by atoms with van der Waals surface area (Å²) in [6, 6.07) is 13.2. The molecule has 0 spiro atoms. The standard InChI is InChI=1S/C17H20N2O4S/c1-12(2)19-24(22,23)16-10-14(17(20)21)8-9-15(16)18-11-13-6-4-3-5-7-13/h3-10,12,18-19H,11H2,1-2H3,(H,20,21). The summed E-state index contributed by atoms with van der Waals surface area (Å²) in [5.41, 5.74) is 1.27. The van der Waals surface area contributed by atoms with Gasteiger partial charge in [0.2, 0.25) is 10.0 Å². The van der Waals surface area contributed by atoms with Crippen LogP contribution in [0.2, 0.25) is 0 Å². The largest absolute Gasteiger partial charge is 0.478 e. The molecule has 3 N–H and O–H groups in total. The Morgan fingerprint density at radius 1 is 1.12 bits per heavy atom. The number of carboxylic acids is 1. The second-order valence-corrected chi connectivity index (χ2v) is 7.31. The van der Waals surface area contributed by atoms with Crippen LogP contribution in [0, 0.1) is 0 Å². The van der Waals surface area contributed by atoms with E-state index in [0.29, 0.717) is 12.2 Å². The number of carboxylic acid groups (broad SMARTS) is 1. The predicted molar refractivity (Wildman–Crippen MR) is 92.6 cm³/mol. The topological polar surface area (TPSA) is 95.5 Å². The molecule has 0 heterocycles. The Morgan fingerprint density at radius 3 is 2.38 bits per heavy atom. The van der Waals surface area contributed by atoms with Gasteiger partial charge in [0.25, 0.3) is 0 Å². The lowest BCUT2D eigenvalue weighted by Crippen LogP contribution is -2.31. The number of hydrogen-bond acceptors (Lipinski definition) is 4. The first-order chi connectivity index (χ1) is 11.3. The third-order valence-electron chi connectivity index (χ3n) is 3.23. The number of sulfonamides is 1. The van der Waals surface area contributed by atoms with Gasteiger partial charge in [-0.2, -0.15) is 0 Å². The van der Waals surface area contributed by atoms with Crippen molar-refractivity contribution in [3.05, 3.63) is 59.7 Å². The molecule has 0 saturated heterocycles. The molecule has 2 aromatic rings. The van der Waals surface area contributed by atoms with Gasteiger partial charge < -0.3 is 10.4 Å². The third kappa shape index (κ3) is 4.56. The first kappa shape index (κ1) is 18.0. The van der Waals surface area contributed by atoms with Crippen LogP contribution >= 0.6 is 0 Å². The maximum atomic E-state index is 12.5.